The molecule has 2 N–H and O–H groups in total. The minimum atomic E-state index is -4.39. The minimum absolute atomic E-state index is 0.0205. The molecular formula is C51H56F4N8O7. The summed E-state index contributed by atoms with van der Waals surface area (Å²) >= 11 is 0. The summed E-state index contributed by atoms with van der Waals surface area (Å²) in [4.78, 5) is 77.5. The number of benzene rings is 3. The van der Waals surface area contributed by atoms with E-state index in [1.165, 1.54) is 42.6 Å². The third kappa shape index (κ3) is 12.5. The van der Waals surface area contributed by atoms with Crippen molar-refractivity contribution in [3.63, 3.8) is 0 Å². The van der Waals surface area contributed by atoms with E-state index >= 15 is 4.39 Å². The van der Waals surface area contributed by atoms with Crippen molar-refractivity contribution < 1.29 is 46.2 Å². The highest BCUT2D eigenvalue weighted by Gasteiger charge is 2.33. The van der Waals surface area contributed by atoms with Gasteiger partial charge in [-0.3, -0.25) is 29.4 Å². The fourth-order valence-electron chi connectivity index (χ4n) is 9.18. The first-order chi connectivity index (χ1) is 33.4. The quantitative estimate of drug-likeness (QED) is 0.129. The lowest BCUT2D eigenvalue weighted by atomic mass is 10.0. The van der Waals surface area contributed by atoms with Crippen molar-refractivity contribution in [3.8, 4) is 11.1 Å². The van der Waals surface area contributed by atoms with Crippen molar-refractivity contribution in [1.82, 2.24) is 34.8 Å². The van der Waals surface area contributed by atoms with Crippen molar-refractivity contribution in [2.45, 2.75) is 83.3 Å². The topological polar surface area (TPSA) is 170 Å². The second kappa shape index (κ2) is 21.1. The van der Waals surface area contributed by atoms with E-state index < -0.39 is 41.9 Å². The van der Waals surface area contributed by atoms with Gasteiger partial charge in [0, 0.05) is 75.9 Å². The average molecular weight is 969 g/mol. The van der Waals surface area contributed by atoms with Gasteiger partial charge in [0.25, 0.3) is 17.4 Å². The second-order valence-electron chi connectivity index (χ2n) is 19.1. The van der Waals surface area contributed by atoms with Gasteiger partial charge in [-0.2, -0.15) is 18.3 Å². The van der Waals surface area contributed by atoms with E-state index in [0.717, 1.165) is 12.8 Å². The molecule has 0 aliphatic carbocycles. The van der Waals surface area contributed by atoms with Gasteiger partial charge < -0.3 is 24.2 Å². The van der Waals surface area contributed by atoms with Gasteiger partial charge in [-0.05, 0) is 87.4 Å². The summed E-state index contributed by atoms with van der Waals surface area (Å²) in [5, 5.41) is 10.5. The number of piperidine rings is 2. The van der Waals surface area contributed by atoms with Gasteiger partial charge in [0.2, 0.25) is 5.91 Å². The van der Waals surface area contributed by atoms with E-state index in [1.54, 1.807) is 65.8 Å². The highest BCUT2D eigenvalue weighted by atomic mass is 19.4. The molecule has 15 nitrogen and oxygen atoms in total. The van der Waals surface area contributed by atoms with Gasteiger partial charge in [0.1, 0.15) is 11.4 Å². The Kier molecular flexibility index (Phi) is 15.0. The molecule has 5 aromatic rings. The van der Waals surface area contributed by atoms with Crippen LogP contribution in [0.1, 0.15) is 84.1 Å². The van der Waals surface area contributed by atoms with E-state index in [0.29, 0.717) is 85.3 Å². The molecule has 0 spiro atoms. The molecule has 3 aliphatic heterocycles. The largest absolute Gasteiger partial charge is 0.444 e. The number of hydrogen-bond acceptors (Lipinski definition) is 10. The first kappa shape index (κ1) is 49.7. The maximum atomic E-state index is 15.1. The van der Waals surface area contributed by atoms with Gasteiger partial charge in [0.15, 0.2) is 5.69 Å². The number of aromatic amines is 1. The minimum Gasteiger partial charge on any atom is -0.444 e. The summed E-state index contributed by atoms with van der Waals surface area (Å²) < 4.78 is 66.5. The molecule has 19 heteroatoms. The third-order valence-corrected chi connectivity index (χ3v) is 12.7. The molecule has 3 saturated heterocycles. The smallest absolute Gasteiger partial charge is 0.412 e. The van der Waals surface area contributed by atoms with Crippen LogP contribution in [0.4, 0.5) is 28.0 Å². The van der Waals surface area contributed by atoms with Crippen LogP contribution in [-0.2, 0) is 27.1 Å². The molecule has 3 aromatic carbocycles. The van der Waals surface area contributed by atoms with Gasteiger partial charge >= 0.3 is 12.3 Å². The molecular weight excluding hydrogens is 913 g/mol. The van der Waals surface area contributed by atoms with E-state index in [4.69, 9.17) is 9.47 Å². The molecule has 0 atom stereocenters. The zero-order chi connectivity index (χ0) is 49.7. The Bertz CT molecular complexity index is 2790. The number of hydrogen-bond donors (Lipinski definition) is 2. The van der Waals surface area contributed by atoms with E-state index in [-0.39, 0.29) is 72.2 Å². The number of fused-ring (bicyclic) bond motifs is 1. The third-order valence-electron chi connectivity index (χ3n) is 12.7. The number of alkyl halides is 3. The van der Waals surface area contributed by atoms with Crippen LogP contribution >= 0.6 is 0 Å². The summed E-state index contributed by atoms with van der Waals surface area (Å²) in [6, 6.07) is 18.9. The fraction of sp³-hybridized carbons (Fsp3) is 0.431. The van der Waals surface area contributed by atoms with Crippen LogP contribution in [0.15, 0.2) is 83.8 Å². The van der Waals surface area contributed by atoms with Crippen LogP contribution in [0.5, 0.6) is 0 Å². The first-order valence-electron chi connectivity index (χ1n) is 23.5. The number of aromatic nitrogens is 3. The van der Waals surface area contributed by atoms with Gasteiger partial charge in [0.05, 0.1) is 47.5 Å². The lowest BCUT2D eigenvalue weighted by molar-refractivity contribution is -0.135. The zero-order valence-electron chi connectivity index (χ0n) is 39.3. The van der Waals surface area contributed by atoms with E-state index in [1.807, 2.05) is 6.07 Å². The Labute approximate surface area is 402 Å². The number of piperazine rings is 1. The van der Waals surface area contributed by atoms with Crippen LogP contribution in [0.2, 0.25) is 0 Å². The number of ether oxygens (including phenoxy) is 2. The van der Waals surface area contributed by atoms with Crippen LogP contribution in [0.25, 0.3) is 21.9 Å². The lowest BCUT2D eigenvalue weighted by Crippen LogP contribution is -2.53. The predicted octanol–water partition coefficient (Wildman–Crippen LogP) is 7.24. The molecule has 0 unspecified atom stereocenters. The molecule has 8 rings (SSSR count). The lowest BCUT2D eigenvalue weighted by Gasteiger charge is -2.38. The number of nitrogens with zero attached hydrogens (tertiary/aromatic N) is 6. The molecule has 2 aromatic heterocycles. The molecule has 370 valence electrons. The van der Waals surface area contributed by atoms with Crippen LogP contribution in [0, 0.1) is 5.82 Å². The van der Waals surface area contributed by atoms with Crippen molar-refractivity contribution in [1.29, 1.82) is 0 Å². The standard InChI is InChI=1S/C51H56F4N8O7/c1-50(2,3)70-49(68)57-43-28-35(34-8-6-7-33(25-34)29-51(53,54)55)30-56-45(43)48(67)62-19-15-37(16-20-62)69-36-13-17-60(18-14-36)31-44(64)61-21-23-63(24-22-61)47(66)40-26-32(11-12-41(40)52)27-42-38-9-4-5-10-39(38)46(65)59-58-42/h4-12,25-26,28,30,36-37H,13-24,27,29,31H2,1-3H3,(H,57,68)(H,59,65). The molecule has 0 saturated carbocycles. The van der Waals surface area contributed by atoms with Gasteiger partial charge in [-0.25, -0.2) is 19.3 Å². The maximum absolute atomic E-state index is 15.1. The molecule has 5 heterocycles. The summed E-state index contributed by atoms with van der Waals surface area (Å²) in [6.45, 7) is 8.57. The highest BCUT2D eigenvalue weighted by molar-refractivity contribution is 6.02. The van der Waals surface area contributed by atoms with Crippen molar-refractivity contribution in [3.05, 3.63) is 123 Å². The number of amides is 4. The Balaban J connectivity index is 0.789. The second-order valence-corrected chi connectivity index (χ2v) is 19.1. The Morgan fingerprint density at radius 1 is 0.743 bits per heavy atom. The highest BCUT2D eigenvalue weighted by Crippen LogP contribution is 2.30. The maximum Gasteiger partial charge on any atom is 0.412 e. The summed E-state index contributed by atoms with van der Waals surface area (Å²) in [6.07, 6.45) is -2.15. The van der Waals surface area contributed by atoms with Crippen LogP contribution < -0.4 is 10.9 Å². The monoisotopic (exact) mass is 968 g/mol. The van der Waals surface area contributed by atoms with Crippen molar-refractivity contribution in [2.24, 2.45) is 0 Å². The van der Waals surface area contributed by atoms with Crippen LogP contribution in [0.3, 0.4) is 0 Å². The number of rotatable bonds is 11. The molecule has 3 aliphatic rings. The van der Waals surface area contributed by atoms with Crippen molar-refractivity contribution >= 4 is 40.3 Å². The summed E-state index contributed by atoms with van der Waals surface area (Å²) in [5.74, 6) is -1.55. The molecule has 0 bridgehead atoms. The molecule has 70 heavy (non-hydrogen) atoms. The zero-order valence-corrected chi connectivity index (χ0v) is 39.3. The van der Waals surface area contributed by atoms with Crippen LogP contribution in [-0.4, -0.2) is 141 Å². The Morgan fingerprint density at radius 3 is 2.09 bits per heavy atom. The molecule has 0 radical (unpaired) electrons. The number of carbonyl (C=O) groups is 4. The number of halogens is 4. The number of nitrogens with one attached hydrogen (secondary N) is 2. The predicted molar refractivity (Wildman–Crippen MR) is 253 cm³/mol. The first-order valence-corrected chi connectivity index (χ1v) is 23.5. The Hall–Kier alpha value is -6.73. The van der Waals surface area contributed by atoms with Crippen molar-refractivity contribution in [2.75, 3.05) is 64.2 Å². The number of likely N-dealkylation sites (tertiary alicyclic amines) is 2. The number of H-pyrrole nitrogens is 1. The Morgan fingerprint density at radius 2 is 1.40 bits per heavy atom. The van der Waals surface area contributed by atoms with E-state index in [9.17, 15) is 37.1 Å². The number of anilines is 1. The summed E-state index contributed by atoms with van der Waals surface area (Å²) in [5.41, 5.74) is 1.02. The van der Waals surface area contributed by atoms with E-state index in [2.05, 4.69) is 25.4 Å². The SMILES string of the molecule is CC(C)(C)OC(=O)Nc1cc(-c2cccc(CC(F)(F)F)c2)cnc1C(=O)N1CCC(OC2CCN(CC(=O)N3CCN(C(=O)c4cc(Cc5n[nH]c(=O)c6ccccc56)ccc4F)CC3)CC2)CC1. The fourth-order valence-corrected chi connectivity index (χ4v) is 9.18. The molecule has 3 fully saturated rings. The van der Waals surface area contributed by atoms with Gasteiger partial charge in [-0.15, -0.1) is 0 Å². The average Bonchev–Trinajstić information content (AvgIpc) is 3.32. The van der Waals surface area contributed by atoms with Gasteiger partial charge in [-0.1, -0.05) is 48.5 Å². The normalized spacial score (nSPS) is 16.6. The number of carbonyl (C=O) groups excluding carboxylic acids is 4. The number of pyridine rings is 1. The molecule has 4 amide bonds. The summed E-state index contributed by atoms with van der Waals surface area (Å²) in [7, 11) is 0.